The van der Waals surface area contributed by atoms with Crippen molar-refractivity contribution in [2.24, 2.45) is 0 Å². The maximum atomic E-state index is 13.2. The Hall–Kier alpha value is -3.56. The minimum absolute atomic E-state index is 0.00899. The van der Waals surface area contributed by atoms with Crippen molar-refractivity contribution in [1.29, 1.82) is 0 Å². The zero-order chi connectivity index (χ0) is 23.0. The molecule has 2 aromatic heterocycles. The first-order valence-corrected chi connectivity index (χ1v) is 10.8. The minimum Gasteiger partial charge on any atom is -0.321 e. The maximum absolute atomic E-state index is 13.2. The zero-order valence-corrected chi connectivity index (χ0v) is 19.0. The molecule has 0 unspecified atom stereocenters. The lowest BCUT2D eigenvalue weighted by atomic mass is 10.1. The van der Waals surface area contributed by atoms with E-state index in [4.69, 9.17) is 11.6 Å². The number of hydrogen-bond acceptors (Lipinski definition) is 6. The number of carbonyl (C=O) groups excluding carboxylic acids is 2. The Morgan fingerprint density at radius 2 is 1.59 bits per heavy atom. The fourth-order valence-corrected chi connectivity index (χ4v) is 4.06. The largest absolute Gasteiger partial charge is 0.321 e. The summed E-state index contributed by atoms with van der Waals surface area (Å²) >= 11 is 6.81. The van der Waals surface area contributed by atoms with Crippen LogP contribution in [0.4, 0.5) is 11.4 Å². The molecule has 0 saturated heterocycles. The van der Waals surface area contributed by atoms with Gasteiger partial charge in [0, 0.05) is 16.4 Å². The number of thiazole rings is 1. The van der Waals surface area contributed by atoms with Crippen molar-refractivity contribution in [2.45, 2.75) is 20.8 Å². The van der Waals surface area contributed by atoms with Crippen molar-refractivity contribution in [1.82, 2.24) is 14.6 Å². The van der Waals surface area contributed by atoms with Crippen LogP contribution >= 0.6 is 22.9 Å². The van der Waals surface area contributed by atoms with E-state index in [1.807, 2.05) is 26.0 Å². The van der Waals surface area contributed by atoms with E-state index in [1.54, 1.807) is 30.3 Å². The van der Waals surface area contributed by atoms with Crippen LogP contribution in [-0.4, -0.2) is 26.4 Å². The van der Waals surface area contributed by atoms with Gasteiger partial charge in [0.15, 0.2) is 5.69 Å². The normalized spacial score (nSPS) is 10.9. The summed E-state index contributed by atoms with van der Waals surface area (Å²) in [6, 6.07) is 12.1. The number of aryl methyl sites for hydroxylation is 3. The molecule has 0 bridgehead atoms. The number of nitrogens with one attached hydrogen (secondary N) is 2. The number of halogens is 1. The molecule has 10 heteroatoms. The van der Waals surface area contributed by atoms with Crippen molar-refractivity contribution >= 4 is 51.1 Å². The van der Waals surface area contributed by atoms with E-state index in [1.165, 1.54) is 11.4 Å². The summed E-state index contributed by atoms with van der Waals surface area (Å²) in [5, 5.41) is 10.3. The number of hydrogen-bond donors (Lipinski definition) is 2. The van der Waals surface area contributed by atoms with Crippen LogP contribution in [0.3, 0.4) is 0 Å². The van der Waals surface area contributed by atoms with E-state index in [2.05, 4.69) is 20.7 Å². The summed E-state index contributed by atoms with van der Waals surface area (Å²) in [4.78, 5) is 42.5. The molecule has 0 aliphatic heterocycles. The zero-order valence-electron chi connectivity index (χ0n) is 17.4. The molecule has 2 amide bonds. The molecule has 32 heavy (non-hydrogen) atoms. The quantitative estimate of drug-likeness (QED) is 0.467. The first-order valence-electron chi connectivity index (χ1n) is 9.59. The molecule has 162 valence electrons. The van der Waals surface area contributed by atoms with Gasteiger partial charge in [0.05, 0.1) is 0 Å². The Kier molecular flexibility index (Phi) is 5.77. The Morgan fingerprint density at radius 3 is 2.28 bits per heavy atom. The number of aromatic nitrogens is 3. The summed E-state index contributed by atoms with van der Waals surface area (Å²) in [5.74, 6) is -1.07. The van der Waals surface area contributed by atoms with Crippen molar-refractivity contribution in [2.75, 3.05) is 10.6 Å². The van der Waals surface area contributed by atoms with Gasteiger partial charge in [0.25, 0.3) is 17.4 Å². The van der Waals surface area contributed by atoms with Crippen LogP contribution < -0.4 is 16.2 Å². The van der Waals surface area contributed by atoms with E-state index >= 15 is 0 Å². The number of fused-ring (bicyclic) bond motifs is 1. The first-order chi connectivity index (χ1) is 15.2. The SMILES string of the molecule is Cc1ccc(NC(=O)c2c(C(=O)Nc3ccc(Cl)cc3)sc3nc(=O)c(C)nn23)cc1C. The molecule has 8 nitrogen and oxygen atoms in total. The molecule has 0 radical (unpaired) electrons. The summed E-state index contributed by atoms with van der Waals surface area (Å²) < 4.78 is 1.23. The highest BCUT2D eigenvalue weighted by molar-refractivity contribution is 7.19. The third kappa shape index (κ3) is 4.25. The maximum Gasteiger partial charge on any atom is 0.295 e. The highest BCUT2D eigenvalue weighted by Gasteiger charge is 2.26. The molecule has 4 rings (SSSR count). The average molecular weight is 468 g/mol. The second-order valence-electron chi connectivity index (χ2n) is 7.19. The molecule has 0 aliphatic rings. The molecule has 0 saturated carbocycles. The lowest BCUT2D eigenvalue weighted by Gasteiger charge is -2.09. The highest BCUT2D eigenvalue weighted by Crippen LogP contribution is 2.24. The van der Waals surface area contributed by atoms with Gasteiger partial charge in [-0.1, -0.05) is 29.0 Å². The van der Waals surface area contributed by atoms with Gasteiger partial charge in [-0.05, 0) is 68.3 Å². The number of carbonyl (C=O) groups is 2. The minimum atomic E-state index is -0.543. The van der Waals surface area contributed by atoms with Crippen LogP contribution in [0.1, 0.15) is 37.0 Å². The molecular weight excluding hydrogens is 450 g/mol. The fraction of sp³-hybridized carbons (Fsp3) is 0.136. The average Bonchev–Trinajstić information content (AvgIpc) is 3.11. The van der Waals surface area contributed by atoms with Gasteiger partial charge in [0.1, 0.15) is 10.6 Å². The van der Waals surface area contributed by atoms with Crippen molar-refractivity contribution in [3.05, 3.63) is 85.2 Å². The topological polar surface area (TPSA) is 105 Å². The number of nitrogens with zero attached hydrogens (tertiary/aromatic N) is 3. The van der Waals surface area contributed by atoms with E-state index in [-0.39, 0.29) is 21.2 Å². The predicted octanol–water partition coefficient (Wildman–Crippen LogP) is 4.23. The third-order valence-corrected chi connectivity index (χ3v) is 6.13. The molecule has 0 aliphatic carbocycles. The van der Waals surface area contributed by atoms with E-state index in [0.717, 1.165) is 22.5 Å². The molecule has 0 fully saturated rings. The molecular formula is C22H18ClN5O3S. The Labute approximate surface area is 191 Å². The van der Waals surface area contributed by atoms with Gasteiger partial charge in [0.2, 0.25) is 4.96 Å². The highest BCUT2D eigenvalue weighted by atomic mass is 35.5. The Balaban J connectivity index is 1.77. The second kappa shape index (κ2) is 8.52. The van der Waals surface area contributed by atoms with Gasteiger partial charge >= 0.3 is 0 Å². The number of amides is 2. The molecule has 4 aromatic rings. The van der Waals surface area contributed by atoms with Crippen LogP contribution in [0.25, 0.3) is 4.96 Å². The summed E-state index contributed by atoms with van der Waals surface area (Å²) in [6.45, 7) is 5.41. The van der Waals surface area contributed by atoms with Crippen LogP contribution in [0.5, 0.6) is 0 Å². The van der Waals surface area contributed by atoms with E-state index in [9.17, 15) is 14.4 Å². The summed E-state index contributed by atoms with van der Waals surface area (Å²) in [6.07, 6.45) is 0. The Morgan fingerprint density at radius 1 is 0.938 bits per heavy atom. The lowest BCUT2D eigenvalue weighted by molar-refractivity contribution is 0.0988. The van der Waals surface area contributed by atoms with Crippen molar-refractivity contribution in [3.63, 3.8) is 0 Å². The molecule has 2 heterocycles. The second-order valence-corrected chi connectivity index (χ2v) is 8.60. The molecule has 2 aromatic carbocycles. The van der Waals surface area contributed by atoms with Crippen molar-refractivity contribution in [3.8, 4) is 0 Å². The number of anilines is 2. The first kappa shape index (κ1) is 21.7. The third-order valence-electron chi connectivity index (χ3n) is 4.85. The van der Waals surface area contributed by atoms with Crippen molar-refractivity contribution < 1.29 is 9.59 Å². The van der Waals surface area contributed by atoms with Gasteiger partial charge < -0.3 is 10.6 Å². The van der Waals surface area contributed by atoms with E-state index < -0.39 is 17.4 Å². The summed E-state index contributed by atoms with van der Waals surface area (Å²) in [7, 11) is 0. The fourth-order valence-electron chi connectivity index (χ4n) is 2.98. The standard InChI is InChI=1S/C22H18ClN5O3S/c1-11-4-7-16(10-12(11)2)25-20(30)17-18(21(31)24-15-8-5-14(23)6-9-15)32-22-26-19(29)13(3)27-28(17)22/h4-10H,1-3H3,(H,24,31)(H,25,30). The van der Waals surface area contributed by atoms with Gasteiger partial charge in [-0.15, -0.1) is 0 Å². The van der Waals surface area contributed by atoms with Crippen LogP contribution in [0.2, 0.25) is 5.02 Å². The smallest absolute Gasteiger partial charge is 0.295 e. The van der Waals surface area contributed by atoms with Crippen LogP contribution in [0.15, 0.2) is 47.3 Å². The lowest BCUT2D eigenvalue weighted by Crippen LogP contribution is -2.23. The van der Waals surface area contributed by atoms with E-state index in [0.29, 0.717) is 16.4 Å². The molecule has 0 atom stereocenters. The van der Waals surface area contributed by atoms with Gasteiger partial charge in [-0.25, -0.2) is 0 Å². The Bertz CT molecular complexity index is 1430. The molecule has 2 N–H and O–H groups in total. The van der Waals surface area contributed by atoms with Crippen LogP contribution in [-0.2, 0) is 0 Å². The molecule has 0 spiro atoms. The summed E-state index contributed by atoms with van der Waals surface area (Å²) in [5.41, 5.74) is 2.77. The monoisotopic (exact) mass is 467 g/mol. The van der Waals surface area contributed by atoms with Crippen LogP contribution in [0, 0.1) is 20.8 Å². The van der Waals surface area contributed by atoms with Gasteiger partial charge in [-0.2, -0.15) is 14.6 Å². The van der Waals surface area contributed by atoms with Gasteiger partial charge in [-0.3, -0.25) is 14.4 Å². The number of benzene rings is 2. The number of rotatable bonds is 4. The predicted molar refractivity (Wildman–Crippen MR) is 125 cm³/mol.